The molecule has 0 heterocycles. The zero-order valence-electron chi connectivity index (χ0n) is 15.0. The zero-order chi connectivity index (χ0) is 18.9. The molecule has 0 bridgehead atoms. The minimum absolute atomic E-state index is 0.170. The maximum Gasteiger partial charge on any atom is 0.325 e. The lowest BCUT2D eigenvalue weighted by Gasteiger charge is -2.12. The van der Waals surface area contributed by atoms with E-state index in [1.807, 2.05) is 0 Å². The maximum atomic E-state index is 12.1. The van der Waals surface area contributed by atoms with Gasteiger partial charge in [-0.2, -0.15) is 0 Å². The van der Waals surface area contributed by atoms with Crippen LogP contribution >= 0.6 is 0 Å². The second-order valence-corrected chi connectivity index (χ2v) is 5.99. The lowest BCUT2D eigenvalue weighted by atomic mass is 10.2. The molecular weight excluding hydrogens is 340 g/mol. The van der Waals surface area contributed by atoms with E-state index in [-0.39, 0.29) is 30.7 Å². The van der Waals surface area contributed by atoms with Gasteiger partial charge in [-0.3, -0.25) is 14.4 Å². The van der Waals surface area contributed by atoms with Gasteiger partial charge in [-0.05, 0) is 25.0 Å². The van der Waals surface area contributed by atoms with Crippen LogP contribution < -0.4 is 20.1 Å². The lowest BCUT2D eigenvalue weighted by Crippen LogP contribution is -2.37. The number of hydrogen-bond donors (Lipinski definition) is 2. The molecule has 142 valence electrons. The van der Waals surface area contributed by atoms with E-state index < -0.39 is 11.9 Å². The van der Waals surface area contributed by atoms with E-state index in [2.05, 4.69) is 10.6 Å². The average molecular weight is 364 g/mol. The molecule has 8 nitrogen and oxygen atoms in total. The summed E-state index contributed by atoms with van der Waals surface area (Å²) in [6.07, 6.45) is 4.12. The van der Waals surface area contributed by atoms with E-state index in [1.54, 1.807) is 6.07 Å². The maximum absolute atomic E-state index is 12.1. The summed E-state index contributed by atoms with van der Waals surface area (Å²) in [5.74, 6) is -0.570. The first kappa shape index (κ1) is 19.6. The minimum Gasteiger partial charge on any atom is -0.497 e. The van der Waals surface area contributed by atoms with E-state index in [9.17, 15) is 14.4 Å². The Morgan fingerprint density at radius 3 is 2.23 bits per heavy atom. The van der Waals surface area contributed by atoms with Gasteiger partial charge in [0.25, 0.3) is 11.8 Å². The predicted molar refractivity (Wildman–Crippen MR) is 93.2 cm³/mol. The first-order chi connectivity index (χ1) is 12.5. The summed E-state index contributed by atoms with van der Waals surface area (Å²) < 4.78 is 15.1. The summed E-state index contributed by atoms with van der Waals surface area (Å²) in [6.45, 7) is -0.687. The second kappa shape index (κ2) is 9.65. The molecule has 2 rings (SSSR count). The van der Waals surface area contributed by atoms with E-state index in [0.29, 0.717) is 11.5 Å². The number of ether oxygens (including phenoxy) is 3. The monoisotopic (exact) mass is 364 g/mol. The largest absolute Gasteiger partial charge is 0.497 e. The Kier molecular flexibility index (Phi) is 7.25. The molecule has 0 saturated heterocycles. The molecule has 1 aromatic carbocycles. The SMILES string of the molecule is COc1cc(OC)cc(C(=O)NCC(=O)OCC(=O)NC2CCCC2)c1. The first-order valence-electron chi connectivity index (χ1n) is 8.48. The molecule has 0 aromatic heterocycles. The molecule has 1 aromatic rings. The molecule has 0 atom stereocenters. The summed E-state index contributed by atoms with van der Waals surface area (Å²) >= 11 is 0. The Balaban J connectivity index is 1.75. The number of benzene rings is 1. The van der Waals surface area contributed by atoms with Crippen LogP contribution in [0.5, 0.6) is 11.5 Å². The fourth-order valence-corrected chi connectivity index (χ4v) is 2.73. The van der Waals surface area contributed by atoms with Crippen LogP contribution in [0.3, 0.4) is 0 Å². The Morgan fingerprint density at radius 2 is 1.65 bits per heavy atom. The van der Waals surface area contributed by atoms with Gasteiger partial charge in [0.1, 0.15) is 18.0 Å². The highest BCUT2D eigenvalue weighted by Gasteiger charge is 2.18. The topological polar surface area (TPSA) is 103 Å². The van der Waals surface area contributed by atoms with Gasteiger partial charge >= 0.3 is 5.97 Å². The smallest absolute Gasteiger partial charge is 0.325 e. The van der Waals surface area contributed by atoms with E-state index in [1.165, 1.54) is 26.4 Å². The fraction of sp³-hybridized carbons (Fsp3) is 0.500. The van der Waals surface area contributed by atoms with E-state index in [0.717, 1.165) is 25.7 Å². The van der Waals surface area contributed by atoms with Gasteiger partial charge in [0.05, 0.1) is 14.2 Å². The molecule has 26 heavy (non-hydrogen) atoms. The van der Waals surface area contributed by atoms with Crippen molar-refractivity contribution < 1.29 is 28.6 Å². The van der Waals surface area contributed by atoms with Crippen molar-refractivity contribution >= 4 is 17.8 Å². The van der Waals surface area contributed by atoms with Crippen molar-refractivity contribution in [3.63, 3.8) is 0 Å². The van der Waals surface area contributed by atoms with Crippen molar-refractivity contribution in [1.82, 2.24) is 10.6 Å². The van der Waals surface area contributed by atoms with Crippen molar-refractivity contribution in [2.24, 2.45) is 0 Å². The molecule has 2 amide bonds. The van der Waals surface area contributed by atoms with Crippen LogP contribution in [-0.2, 0) is 14.3 Å². The van der Waals surface area contributed by atoms with Gasteiger partial charge in [0, 0.05) is 17.7 Å². The fourth-order valence-electron chi connectivity index (χ4n) is 2.73. The van der Waals surface area contributed by atoms with Crippen molar-refractivity contribution in [2.45, 2.75) is 31.7 Å². The number of carbonyl (C=O) groups excluding carboxylic acids is 3. The van der Waals surface area contributed by atoms with Crippen LogP contribution in [0.15, 0.2) is 18.2 Å². The molecule has 2 N–H and O–H groups in total. The number of hydrogen-bond acceptors (Lipinski definition) is 6. The molecule has 1 saturated carbocycles. The average Bonchev–Trinajstić information content (AvgIpc) is 3.16. The van der Waals surface area contributed by atoms with Gasteiger partial charge in [0.2, 0.25) is 0 Å². The molecular formula is C18H24N2O6. The molecule has 1 aliphatic rings. The van der Waals surface area contributed by atoms with Crippen molar-refractivity contribution in [3.8, 4) is 11.5 Å². The van der Waals surface area contributed by atoms with Crippen molar-refractivity contribution in [3.05, 3.63) is 23.8 Å². The van der Waals surface area contributed by atoms with Crippen LogP contribution in [0.4, 0.5) is 0 Å². The number of nitrogens with one attached hydrogen (secondary N) is 2. The number of rotatable bonds is 8. The van der Waals surface area contributed by atoms with Gasteiger partial charge in [-0.25, -0.2) is 0 Å². The highest BCUT2D eigenvalue weighted by atomic mass is 16.5. The quantitative estimate of drug-likeness (QED) is 0.668. The summed E-state index contributed by atoms with van der Waals surface area (Å²) in [5.41, 5.74) is 0.285. The highest BCUT2D eigenvalue weighted by Crippen LogP contribution is 2.22. The van der Waals surface area contributed by atoms with Crippen LogP contribution in [0.1, 0.15) is 36.0 Å². The Labute approximate surface area is 152 Å². The summed E-state index contributed by atoms with van der Waals surface area (Å²) in [6, 6.07) is 4.86. The Morgan fingerprint density at radius 1 is 1.04 bits per heavy atom. The summed E-state index contributed by atoms with van der Waals surface area (Å²) in [7, 11) is 2.95. The first-order valence-corrected chi connectivity index (χ1v) is 8.48. The van der Waals surface area contributed by atoms with Gasteiger partial charge in [-0.15, -0.1) is 0 Å². The van der Waals surface area contributed by atoms with Crippen molar-refractivity contribution in [1.29, 1.82) is 0 Å². The molecule has 0 unspecified atom stereocenters. The van der Waals surface area contributed by atoms with Crippen LogP contribution in [0.25, 0.3) is 0 Å². The molecule has 8 heteroatoms. The van der Waals surface area contributed by atoms with Gasteiger partial charge < -0.3 is 24.8 Å². The van der Waals surface area contributed by atoms with Crippen LogP contribution in [0.2, 0.25) is 0 Å². The summed E-state index contributed by atoms with van der Waals surface area (Å²) in [4.78, 5) is 35.5. The van der Waals surface area contributed by atoms with Crippen LogP contribution in [-0.4, -0.2) is 51.2 Å². The third kappa shape index (κ3) is 5.94. The standard InChI is InChI=1S/C18H24N2O6/c1-24-14-7-12(8-15(9-14)25-2)18(23)19-10-17(22)26-11-16(21)20-13-5-3-4-6-13/h7-9,13H,3-6,10-11H2,1-2H3,(H,19,23)(H,20,21). The third-order valence-corrected chi connectivity index (χ3v) is 4.09. The Bertz CT molecular complexity index is 633. The molecule has 0 spiro atoms. The minimum atomic E-state index is -0.685. The molecule has 0 aliphatic heterocycles. The number of amides is 2. The summed E-state index contributed by atoms with van der Waals surface area (Å²) in [5, 5.41) is 5.26. The Hall–Kier alpha value is -2.77. The van der Waals surface area contributed by atoms with Crippen molar-refractivity contribution in [2.75, 3.05) is 27.4 Å². The third-order valence-electron chi connectivity index (χ3n) is 4.09. The number of carbonyl (C=O) groups is 3. The molecule has 1 fully saturated rings. The normalized spacial score (nSPS) is 13.8. The highest BCUT2D eigenvalue weighted by molar-refractivity contribution is 5.96. The van der Waals surface area contributed by atoms with Gasteiger partial charge in [0.15, 0.2) is 6.61 Å². The molecule has 0 radical (unpaired) electrons. The number of esters is 1. The number of methoxy groups -OCH3 is 2. The van der Waals surface area contributed by atoms with E-state index >= 15 is 0 Å². The van der Waals surface area contributed by atoms with Crippen LogP contribution in [0, 0.1) is 0 Å². The second-order valence-electron chi connectivity index (χ2n) is 5.99. The predicted octanol–water partition coefficient (Wildman–Crippen LogP) is 1.04. The van der Waals surface area contributed by atoms with E-state index in [4.69, 9.17) is 14.2 Å². The van der Waals surface area contributed by atoms with Gasteiger partial charge in [-0.1, -0.05) is 12.8 Å². The molecule has 1 aliphatic carbocycles. The zero-order valence-corrected chi connectivity index (χ0v) is 15.0. The lowest BCUT2D eigenvalue weighted by molar-refractivity contribution is -0.147.